The van der Waals surface area contributed by atoms with Gasteiger partial charge in [-0.2, -0.15) is 5.01 Å². The first kappa shape index (κ1) is 23.9. The summed E-state index contributed by atoms with van der Waals surface area (Å²) in [5.41, 5.74) is 2.54. The molecule has 1 unspecified atom stereocenters. The summed E-state index contributed by atoms with van der Waals surface area (Å²) in [4.78, 5) is 47.1. The lowest BCUT2D eigenvalue weighted by Gasteiger charge is -2.16. The molecule has 0 bridgehead atoms. The van der Waals surface area contributed by atoms with E-state index < -0.39 is 28.8 Å². The zero-order valence-electron chi connectivity index (χ0n) is 17.1. The van der Waals surface area contributed by atoms with Crippen LogP contribution in [0.5, 0.6) is 5.75 Å². The van der Waals surface area contributed by atoms with Crippen LogP contribution in [0, 0.1) is 10.1 Å². The van der Waals surface area contributed by atoms with Crippen molar-refractivity contribution in [2.45, 2.75) is 19.4 Å². The SMILES string of the molecule is CCC(Oc1ccccc1/C=C1/SC(=S)N(NC(=O)c2cccc([N+](=O)[O-])c2)C1=O)C(=O)O. The number of nitrogens with zero attached hydrogens (tertiary/aromatic N) is 2. The maximum atomic E-state index is 12.9. The highest BCUT2D eigenvalue weighted by Gasteiger charge is 2.34. The van der Waals surface area contributed by atoms with Crippen molar-refractivity contribution in [1.29, 1.82) is 0 Å². The number of amides is 2. The second-order valence-electron chi connectivity index (χ2n) is 6.66. The quantitative estimate of drug-likeness (QED) is 0.248. The molecule has 3 rings (SSSR count). The number of hydrazine groups is 1. The van der Waals surface area contributed by atoms with Gasteiger partial charge in [0.25, 0.3) is 17.5 Å². The molecule has 0 spiro atoms. The molecule has 1 saturated heterocycles. The molecule has 1 heterocycles. The third-order valence-electron chi connectivity index (χ3n) is 4.45. The minimum Gasteiger partial charge on any atom is -0.479 e. The number of rotatable bonds is 8. The van der Waals surface area contributed by atoms with Crippen LogP contribution in [0.2, 0.25) is 0 Å². The summed E-state index contributed by atoms with van der Waals surface area (Å²) in [6.07, 6.45) is 0.682. The summed E-state index contributed by atoms with van der Waals surface area (Å²) in [6, 6.07) is 11.7. The van der Waals surface area contributed by atoms with Crippen LogP contribution in [0.4, 0.5) is 5.69 Å². The predicted molar refractivity (Wildman–Crippen MR) is 124 cm³/mol. The van der Waals surface area contributed by atoms with Crippen LogP contribution in [0.1, 0.15) is 29.3 Å². The van der Waals surface area contributed by atoms with Crippen LogP contribution in [0.25, 0.3) is 6.08 Å². The number of thiocarbonyl (C=S) groups is 1. The molecule has 0 saturated carbocycles. The largest absolute Gasteiger partial charge is 0.479 e. The fourth-order valence-electron chi connectivity index (χ4n) is 2.80. The predicted octanol–water partition coefficient (Wildman–Crippen LogP) is 3.38. The molecule has 1 aliphatic rings. The zero-order valence-corrected chi connectivity index (χ0v) is 18.7. The highest BCUT2D eigenvalue weighted by molar-refractivity contribution is 8.26. The van der Waals surface area contributed by atoms with Crippen LogP contribution >= 0.6 is 24.0 Å². The molecule has 1 fully saturated rings. The van der Waals surface area contributed by atoms with Crippen LogP contribution in [-0.4, -0.2) is 43.2 Å². The van der Waals surface area contributed by atoms with E-state index in [2.05, 4.69) is 5.43 Å². The third kappa shape index (κ3) is 5.54. The number of ether oxygens (including phenoxy) is 1. The van der Waals surface area contributed by atoms with Crippen LogP contribution < -0.4 is 10.2 Å². The van der Waals surface area contributed by atoms with Gasteiger partial charge in [-0.15, -0.1) is 0 Å². The number of carboxylic acid groups (broad SMARTS) is 1. The Morgan fingerprint density at radius 2 is 2.03 bits per heavy atom. The molecule has 33 heavy (non-hydrogen) atoms. The number of thioether (sulfide) groups is 1. The molecule has 0 radical (unpaired) electrons. The van der Waals surface area contributed by atoms with Gasteiger partial charge >= 0.3 is 5.97 Å². The number of nitro benzene ring substituents is 1. The van der Waals surface area contributed by atoms with Gasteiger partial charge in [0.15, 0.2) is 10.4 Å². The van der Waals surface area contributed by atoms with Crippen molar-refractivity contribution in [2.75, 3.05) is 0 Å². The molecule has 2 N–H and O–H groups in total. The van der Waals surface area contributed by atoms with Gasteiger partial charge in [0.05, 0.1) is 9.83 Å². The molecular weight excluding hydrogens is 470 g/mol. The molecule has 2 aromatic carbocycles. The van der Waals surface area contributed by atoms with E-state index in [1.54, 1.807) is 31.2 Å². The molecule has 2 amide bonds. The Kier molecular flexibility index (Phi) is 7.41. The number of nitrogens with one attached hydrogen (secondary N) is 1. The van der Waals surface area contributed by atoms with Gasteiger partial charge in [0.1, 0.15) is 5.75 Å². The Morgan fingerprint density at radius 1 is 1.30 bits per heavy atom. The van der Waals surface area contributed by atoms with Crippen molar-refractivity contribution in [3.8, 4) is 5.75 Å². The van der Waals surface area contributed by atoms with Crippen LogP contribution in [0.15, 0.2) is 53.4 Å². The molecule has 0 aromatic heterocycles. The highest BCUT2D eigenvalue weighted by atomic mass is 32.2. The number of benzene rings is 2. The first-order valence-corrected chi connectivity index (χ1v) is 10.8. The van der Waals surface area contributed by atoms with Crippen molar-refractivity contribution in [3.63, 3.8) is 0 Å². The average molecular weight is 488 g/mol. The molecule has 1 atom stereocenters. The number of hydrogen-bond acceptors (Lipinski definition) is 8. The molecule has 1 aliphatic heterocycles. The standard InChI is InChI=1S/C21H17N3O7S2/c1-2-15(20(27)28)31-16-9-4-3-6-12(16)11-17-19(26)23(21(32)33-17)22-18(25)13-7-5-8-14(10-13)24(29)30/h3-11,15H,2H2,1H3,(H,22,25)(H,27,28)/b17-11+. The normalized spacial score (nSPS) is 15.4. The van der Waals surface area contributed by atoms with Crippen molar-refractivity contribution in [1.82, 2.24) is 10.4 Å². The molecule has 2 aromatic rings. The molecule has 0 aliphatic carbocycles. The van der Waals surface area contributed by atoms with Gasteiger partial charge in [-0.1, -0.05) is 43.0 Å². The number of non-ortho nitro benzene ring substituents is 1. The van der Waals surface area contributed by atoms with Gasteiger partial charge in [0, 0.05) is 23.3 Å². The minimum absolute atomic E-state index is 0.0137. The number of para-hydroxylation sites is 1. The fourth-order valence-corrected chi connectivity index (χ4v) is 3.97. The van der Waals surface area contributed by atoms with E-state index in [4.69, 9.17) is 17.0 Å². The van der Waals surface area contributed by atoms with Gasteiger partial charge in [-0.3, -0.25) is 25.1 Å². The molecule has 10 nitrogen and oxygen atoms in total. The van der Waals surface area contributed by atoms with E-state index in [-0.39, 0.29) is 32.6 Å². The summed E-state index contributed by atoms with van der Waals surface area (Å²) in [6.45, 7) is 1.68. The van der Waals surface area contributed by atoms with Gasteiger partial charge in [-0.25, -0.2) is 4.79 Å². The average Bonchev–Trinajstić information content (AvgIpc) is 3.05. The Hall–Kier alpha value is -3.77. The maximum Gasteiger partial charge on any atom is 0.344 e. The van der Waals surface area contributed by atoms with Crippen LogP contribution in [-0.2, 0) is 9.59 Å². The lowest BCUT2D eigenvalue weighted by atomic mass is 10.1. The van der Waals surface area contributed by atoms with E-state index in [0.717, 1.165) is 22.8 Å². The van der Waals surface area contributed by atoms with Crippen molar-refractivity contribution in [2.24, 2.45) is 0 Å². The topological polar surface area (TPSA) is 139 Å². The van der Waals surface area contributed by atoms with Gasteiger partial charge < -0.3 is 9.84 Å². The van der Waals surface area contributed by atoms with E-state index in [1.165, 1.54) is 24.3 Å². The Labute approximate surface area is 197 Å². The monoisotopic (exact) mass is 487 g/mol. The number of carboxylic acids is 1. The highest BCUT2D eigenvalue weighted by Crippen LogP contribution is 2.33. The van der Waals surface area contributed by atoms with Gasteiger partial charge in [-0.05, 0) is 36.8 Å². The van der Waals surface area contributed by atoms with E-state index in [1.807, 2.05) is 0 Å². The molecule has 170 valence electrons. The molecular formula is C21H17N3O7S2. The maximum absolute atomic E-state index is 12.9. The van der Waals surface area contributed by atoms with E-state index in [9.17, 15) is 29.6 Å². The third-order valence-corrected chi connectivity index (χ3v) is 5.75. The second kappa shape index (κ2) is 10.2. The summed E-state index contributed by atoms with van der Waals surface area (Å²) >= 11 is 6.13. The van der Waals surface area contributed by atoms with E-state index in [0.29, 0.717) is 5.56 Å². The summed E-state index contributed by atoms with van der Waals surface area (Å²) < 4.78 is 5.63. The zero-order chi connectivity index (χ0) is 24.1. The fraction of sp³-hybridized carbons (Fsp3) is 0.143. The first-order chi connectivity index (χ1) is 15.7. The molecule has 12 heteroatoms. The number of nitro groups is 1. The number of aliphatic carboxylic acids is 1. The second-order valence-corrected chi connectivity index (χ2v) is 8.33. The Bertz CT molecular complexity index is 1180. The van der Waals surface area contributed by atoms with Crippen molar-refractivity contribution < 1.29 is 29.2 Å². The first-order valence-electron chi connectivity index (χ1n) is 9.53. The Balaban J connectivity index is 1.81. The number of hydrogen-bond donors (Lipinski definition) is 2. The summed E-state index contributed by atoms with van der Waals surface area (Å²) in [5, 5.41) is 21.1. The minimum atomic E-state index is -1.11. The number of carbonyl (C=O) groups excluding carboxylic acids is 2. The lowest BCUT2D eigenvalue weighted by Crippen LogP contribution is -2.44. The number of carbonyl (C=O) groups is 3. The van der Waals surface area contributed by atoms with Crippen LogP contribution in [0.3, 0.4) is 0 Å². The van der Waals surface area contributed by atoms with Crippen molar-refractivity contribution >= 4 is 57.8 Å². The van der Waals surface area contributed by atoms with Crippen molar-refractivity contribution in [3.05, 3.63) is 74.7 Å². The van der Waals surface area contributed by atoms with Gasteiger partial charge in [0.2, 0.25) is 0 Å². The Morgan fingerprint density at radius 3 is 2.70 bits per heavy atom. The smallest absolute Gasteiger partial charge is 0.344 e. The van der Waals surface area contributed by atoms with E-state index >= 15 is 0 Å². The lowest BCUT2D eigenvalue weighted by molar-refractivity contribution is -0.384. The summed E-state index contributed by atoms with van der Waals surface area (Å²) in [7, 11) is 0. The summed E-state index contributed by atoms with van der Waals surface area (Å²) in [5.74, 6) is -2.18.